The van der Waals surface area contributed by atoms with E-state index in [0.717, 1.165) is 5.56 Å². The van der Waals surface area contributed by atoms with E-state index in [9.17, 15) is 14.7 Å². The molecule has 2 aromatic carbocycles. The quantitative estimate of drug-likeness (QED) is 0.644. The van der Waals surface area contributed by atoms with E-state index in [0.29, 0.717) is 0 Å². The topological polar surface area (TPSA) is 89.6 Å². The summed E-state index contributed by atoms with van der Waals surface area (Å²) in [5, 5.41) is 9.33. The molecule has 0 amide bonds. The first-order chi connectivity index (χ1) is 10.0. The number of carboxylic acids is 1. The van der Waals surface area contributed by atoms with Gasteiger partial charge in [0.2, 0.25) is 5.54 Å². The summed E-state index contributed by atoms with van der Waals surface area (Å²) >= 11 is 0. The summed E-state index contributed by atoms with van der Waals surface area (Å²) < 4.78 is 5.06. The molecule has 21 heavy (non-hydrogen) atoms. The van der Waals surface area contributed by atoms with Crippen molar-refractivity contribution in [2.75, 3.05) is 0 Å². The van der Waals surface area contributed by atoms with Crippen molar-refractivity contribution in [3.8, 4) is 0 Å². The Kier molecular flexibility index (Phi) is 4.35. The molecule has 2 rings (SSSR count). The van der Waals surface area contributed by atoms with Crippen LogP contribution in [0, 0.1) is 0 Å². The number of nitrogens with two attached hydrogens (primary N) is 1. The van der Waals surface area contributed by atoms with Crippen LogP contribution in [0.2, 0.25) is 0 Å². The lowest BCUT2D eigenvalue weighted by molar-refractivity contribution is -0.162. The van der Waals surface area contributed by atoms with Crippen LogP contribution >= 0.6 is 0 Å². The summed E-state index contributed by atoms with van der Waals surface area (Å²) in [4.78, 5) is 23.6. The maximum atomic E-state index is 12.2. The average molecular weight is 285 g/mol. The molecule has 0 unspecified atom stereocenters. The Bertz CT molecular complexity index is 627. The van der Waals surface area contributed by atoms with Crippen molar-refractivity contribution in [3.05, 3.63) is 71.8 Å². The van der Waals surface area contributed by atoms with Gasteiger partial charge in [0.15, 0.2) is 0 Å². The number of carboxylic acid groups (broad SMARTS) is 1. The third kappa shape index (κ3) is 3.09. The third-order valence-electron chi connectivity index (χ3n) is 3.10. The van der Waals surface area contributed by atoms with Gasteiger partial charge < -0.3 is 15.6 Å². The molecule has 0 saturated carbocycles. The maximum Gasteiger partial charge on any atom is 0.342 e. The number of ether oxygens (including phenoxy) is 1. The Morgan fingerprint density at radius 1 is 1.00 bits per heavy atom. The molecule has 0 aliphatic heterocycles. The van der Waals surface area contributed by atoms with E-state index >= 15 is 0 Å². The van der Waals surface area contributed by atoms with Gasteiger partial charge in [-0.3, -0.25) is 0 Å². The molecule has 1 atom stereocenters. The fourth-order valence-corrected chi connectivity index (χ4v) is 1.87. The number of rotatable bonds is 5. The highest BCUT2D eigenvalue weighted by molar-refractivity contribution is 6.04. The van der Waals surface area contributed by atoms with Crippen molar-refractivity contribution in [3.63, 3.8) is 0 Å². The van der Waals surface area contributed by atoms with Gasteiger partial charge in [-0.2, -0.15) is 0 Å². The minimum Gasteiger partial charge on any atom is -0.479 e. The molecule has 2 aromatic rings. The Hall–Kier alpha value is -2.66. The number of carbonyl (C=O) groups excluding carboxylic acids is 1. The van der Waals surface area contributed by atoms with Gasteiger partial charge in [0.1, 0.15) is 6.61 Å². The second-order valence-corrected chi connectivity index (χ2v) is 4.54. The Balaban J connectivity index is 2.19. The van der Waals surface area contributed by atoms with Crippen LogP contribution in [-0.2, 0) is 26.5 Å². The lowest BCUT2D eigenvalue weighted by Crippen LogP contribution is -2.52. The van der Waals surface area contributed by atoms with Gasteiger partial charge in [-0.15, -0.1) is 0 Å². The van der Waals surface area contributed by atoms with Crippen molar-refractivity contribution in [2.45, 2.75) is 12.1 Å². The number of hydrogen-bond donors (Lipinski definition) is 2. The predicted octanol–water partition coefficient (Wildman–Crippen LogP) is 1.67. The molecule has 5 nitrogen and oxygen atoms in total. The first-order valence-corrected chi connectivity index (χ1v) is 6.34. The van der Waals surface area contributed by atoms with Gasteiger partial charge in [-0.1, -0.05) is 60.7 Å². The molecule has 5 heteroatoms. The van der Waals surface area contributed by atoms with Crippen LogP contribution in [-0.4, -0.2) is 17.0 Å². The molecule has 0 saturated heterocycles. The molecule has 0 fully saturated rings. The smallest absolute Gasteiger partial charge is 0.342 e. The summed E-state index contributed by atoms with van der Waals surface area (Å²) in [5.41, 5.74) is 4.52. The zero-order chi connectivity index (χ0) is 15.3. The third-order valence-corrected chi connectivity index (χ3v) is 3.10. The van der Waals surface area contributed by atoms with Crippen molar-refractivity contribution in [1.29, 1.82) is 0 Å². The minimum absolute atomic E-state index is 0.0290. The van der Waals surface area contributed by atoms with Crippen LogP contribution in [0.25, 0.3) is 0 Å². The average Bonchev–Trinajstić information content (AvgIpc) is 2.53. The van der Waals surface area contributed by atoms with E-state index in [1.807, 2.05) is 6.07 Å². The van der Waals surface area contributed by atoms with Crippen molar-refractivity contribution in [2.24, 2.45) is 5.73 Å². The maximum absolute atomic E-state index is 12.2. The van der Waals surface area contributed by atoms with Crippen LogP contribution in [0.1, 0.15) is 11.1 Å². The van der Waals surface area contributed by atoms with E-state index < -0.39 is 17.5 Å². The monoisotopic (exact) mass is 285 g/mol. The van der Waals surface area contributed by atoms with E-state index in [1.165, 1.54) is 12.1 Å². The second-order valence-electron chi connectivity index (χ2n) is 4.54. The molecule has 3 N–H and O–H groups in total. The van der Waals surface area contributed by atoms with E-state index in [1.54, 1.807) is 42.5 Å². The van der Waals surface area contributed by atoms with Gasteiger partial charge in [0, 0.05) is 0 Å². The molecular weight excluding hydrogens is 270 g/mol. The Morgan fingerprint density at radius 2 is 1.52 bits per heavy atom. The zero-order valence-corrected chi connectivity index (χ0v) is 11.2. The predicted molar refractivity (Wildman–Crippen MR) is 76.2 cm³/mol. The van der Waals surface area contributed by atoms with Crippen molar-refractivity contribution >= 4 is 11.9 Å². The highest BCUT2D eigenvalue weighted by atomic mass is 16.5. The zero-order valence-electron chi connectivity index (χ0n) is 11.2. The lowest BCUT2D eigenvalue weighted by Gasteiger charge is -2.23. The fourth-order valence-electron chi connectivity index (χ4n) is 1.87. The first-order valence-electron chi connectivity index (χ1n) is 6.34. The minimum atomic E-state index is -2.21. The summed E-state index contributed by atoms with van der Waals surface area (Å²) in [7, 11) is 0. The van der Waals surface area contributed by atoms with Gasteiger partial charge in [-0.25, -0.2) is 9.59 Å². The number of esters is 1. The summed E-state index contributed by atoms with van der Waals surface area (Å²) in [6.07, 6.45) is 0. The van der Waals surface area contributed by atoms with Crippen LogP contribution in [0.15, 0.2) is 60.7 Å². The van der Waals surface area contributed by atoms with Crippen molar-refractivity contribution in [1.82, 2.24) is 0 Å². The second kappa shape index (κ2) is 6.19. The van der Waals surface area contributed by atoms with E-state index in [2.05, 4.69) is 0 Å². The molecule has 0 bridgehead atoms. The van der Waals surface area contributed by atoms with Crippen LogP contribution < -0.4 is 5.73 Å². The molecule has 0 spiro atoms. The molecule has 0 radical (unpaired) electrons. The summed E-state index contributed by atoms with van der Waals surface area (Å²) in [6, 6.07) is 16.9. The highest BCUT2D eigenvalue weighted by Gasteiger charge is 2.45. The Labute approximate surface area is 122 Å². The van der Waals surface area contributed by atoms with Crippen LogP contribution in [0.3, 0.4) is 0 Å². The molecular formula is C16H15NO4. The fraction of sp³-hybridized carbons (Fsp3) is 0.125. The summed E-state index contributed by atoms with van der Waals surface area (Å²) in [6.45, 7) is -0.0290. The standard InChI is InChI=1S/C16H15NO4/c17-16(14(18)19,13-9-5-2-6-10-13)15(20)21-11-12-7-3-1-4-8-12/h1-10H,11,17H2,(H,18,19)/t16-/m0/s1. The molecule has 0 aromatic heterocycles. The number of aliphatic carboxylic acids is 1. The highest BCUT2D eigenvalue weighted by Crippen LogP contribution is 2.21. The largest absolute Gasteiger partial charge is 0.479 e. The molecule has 0 heterocycles. The number of benzene rings is 2. The normalized spacial score (nSPS) is 13.2. The van der Waals surface area contributed by atoms with Gasteiger partial charge in [0.25, 0.3) is 0 Å². The van der Waals surface area contributed by atoms with Gasteiger partial charge in [0.05, 0.1) is 0 Å². The van der Waals surface area contributed by atoms with Crippen molar-refractivity contribution < 1.29 is 19.4 Å². The first kappa shape index (κ1) is 14.7. The summed E-state index contributed by atoms with van der Waals surface area (Å²) in [5.74, 6) is -2.45. The van der Waals surface area contributed by atoms with Crippen LogP contribution in [0.5, 0.6) is 0 Å². The SMILES string of the molecule is N[C@@](C(=O)O)(C(=O)OCc1ccccc1)c1ccccc1. The molecule has 108 valence electrons. The van der Waals surface area contributed by atoms with E-state index in [4.69, 9.17) is 10.5 Å². The van der Waals surface area contributed by atoms with E-state index in [-0.39, 0.29) is 12.2 Å². The molecule has 0 aliphatic carbocycles. The number of carbonyl (C=O) groups is 2. The Morgan fingerprint density at radius 3 is 2.05 bits per heavy atom. The number of hydrogen-bond acceptors (Lipinski definition) is 4. The van der Waals surface area contributed by atoms with Crippen LogP contribution in [0.4, 0.5) is 0 Å². The molecule has 0 aliphatic rings. The van der Waals surface area contributed by atoms with Gasteiger partial charge in [-0.05, 0) is 11.1 Å². The lowest BCUT2D eigenvalue weighted by atomic mass is 9.91. The van der Waals surface area contributed by atoms with Gasteiger partial charge >= 0.3 is 11.9 Å².